The van der Waals surface area contributed by atoms with Crippen molar-refractivity contribution in [3.05, 3.63) is 0 Å². The molecule has 0 aliphatic rings. The quantitative estimate of drug-likeness (QED) is 0.395. The number of aliphatic hydroxyl groups excluding tert-OH is 4. The van der Waals surface area contributed by atoms with E-state index in [1.807, 2.05) is 13.8 Å². The second kappa shape index (κ2) is 10.3. The van der Waals surface area contributed by atoms with E-state index in [4.69, 9.17) is 9.84 Å². The van der Waals surface area contributed by atoms with Crippen LogP contribution in [0.4, 0.5) is 0 Å². The molecule has 0 heterocycles. The van der Waals surface area contributed by atoms with Crippen LogP contribution in [-0.2, 0) is 9.53 Å². The molecule has 0 aromatic rings. The average Bonchev–Trinajstić information content (AvgIpc) is 2.41. The maximum Gasteiger partial charge on any atom is 0.219 e. The lowest BCUT2D eigenvalue weighted by atomic mass is 10.1. The Labute approximate surface area is 114 Å². The molecule has 6 heteroatoms. The summed E-state index contributed by atoms with van der Waals surface area (Å²) in [7, 11) is 0. The molecule has 4 unspecified atom stereocenters. The Balaban J connectivity index is 4.30. The monoisotopic (exact) mass is 278 g/mol. The van der Waals surface area contributed by atoms with Gasteiger partial charge in [-0.15, -0.1) is 0 Å². The van der Waals surface area contributed by atoms with Gasteiger partial charge in [0.15, 0.2) is 0 Å². The second-order valence-corrected chi connectivity index (χ2v) is 4.59. The molecule has 0 saturated carbocycles. The zero-order valence-corrected chi connectivity index (χ0v) is 11.7. The minimum atomic E-state index is -1.75. The van der Waals surface area contributed by atoms with E-state index < -0.39 is 24.3 Å². The van der Waals surface area contributed by atoms with Crippen molar-refractivity contribution in [2.45, 2.75) is 70.6 Å². The number of ketones is 1. The molecule has 19 heavy (non-hydrogen) atoms. The molecule has 0 aromatic carbocycles. The van der Waals surface area contributed by atoms with Crippen LogP contribution in [0, 0.1) is 0 Å². The predicted octanol–water partition coefficient (Wildman–Crippen LogP) is -0.0365. The Kier molecular flexibility index (Phi) is 9.99. The van der Waals surface area contributed by atoms with Crippen molar-refractivity contribution >= 4 is 5.78 Å². The molecule has 4 N–H and O–H groups in total. The van der Waals surface area contributed by atoms with Crippen molar-refractivity contribution in [1.29, 1.82) is 0 Å². The fourth-order valence-electron chi connectivity index (χ4n) is 1.68. The van der Waals surface area contributed by atoms with E-state index in [-0.39, 0.29) is 19.1 Å². The third-order valence-electron chi connectivity index (χ3n) is 2.98. The molecule has 6 nitrogen and oxygen atoms in total. The maximum absolute atomic E-state index is 11.6. The van der Waals surface area contributed by atoms with Crippen LogP contribution in [0.25, 0.3) is 0 Å². The highest BCUT2D eigenvalue weighted by Gasteiger charge is 2.31. The smallest absolute Gasteiger partial charge is 0.219 e. The topological polar surface area (TPSA) is 107 Å². The summed E-state index contributed by atoms with van der Waals surface area (Å²) in [5.41, 5.74) is 0. The van der Waals surface area contributed by atoms with Crippen LogP contribution in [0.3, 0.4) is 0 Å². The van der Waals surface area contributed by atoms with Crippen LogP contribution >= 0.6 is 0 Å². The molecule has 0 amide bonds. The zero-order chi connectivity index (χ0) is 14.8. The van der Waals surface area contributed by atoms with Crippen molar-refractivity contribution in [2.24, 2.45) is 0 Å². The highest BCUT2D eigenvalue weighted by molar-refractivity contribution is 5.86. The minimum absolute atomic E-state index is 0.132. The van der Waals surface area contributed by atoms with Gasteiger partial charge in [0.05, 0.1) is 12.2 Å². The van der Waals surface area contributed by atoms with Crippen LogP contribution in [0.1, 0.15) is 46.0 Å². The van der Waals surface area contributed by atoms with Crippen LogP contribution in [-0.4, -0.2) is 57.4 Å². The summed E-state index contributed by atoms with van der Waals surface area (Å²) < 4.78 is 5.19. The van der Waals surface area contributed by atoms with Crippen molar-refractivity contribution in [3.8, 4) is 0 Å². The Morgan fingerprint density at radius 1 is 1.16 bits per heavy atom. The first-order valence-corrected chi connectivity index (χ1v) is 6.82. The van der Waals surface area contributed by atoms with Gasteiger partial charge in [-0.2, -0.15) is 0 Å². The Bertz CT molecular complexity index is 245. The van der Waals surface area contributed by atoms with E-state index in [1.54, 1.807) is 0 Å². The van der Waals surface area contributed by atoms with E-state index in [9.17, 15) is 20.1 Å². The van der Waals surface area contributed by atoms with Gasteiger partial charge in [0.2, 0.25) is 12.1 Å². The molecule has 0 saturated heterocycles. The number of ether oxygens (including phenoxy) is 1. The van der Waals surface area contributed by atoms with Gasteiger partial charge in [0.1, 0.15) is 6.10 Å². The molecule has 0 bridgehead atoms. The maximum atomic E-state index is 11.6. The highest BCUT2D eigenvalue weighted by Crippen LogP contribution is 2.12. The number of carbonyl (C=O) groups excluding carboxylic acids is 1. The number of unbranched alkanes of at least 4 members (excludes halogenated alkanes) is 1. The van der Waals surface area contributed by atoms with Crippen LogP contribution < -0.4 is 0 Å². The first kappa shape index (κ1) is 18.5. The van der Waals surface area contributed by atoms with E-state index in [1.165, 1.54) is 0 Å². The summed E-state index contributed by atoms with van der Waals surface area (Å²) >= 11 is 0. The van der Waals surface area contributed by atoms with Gasteiger partial charge in [0, 0.05) is 6.61 Å². The average molecular weight is 278 g/mol. The number of Topliss-reactive ketones (excluding diaryl/α,β-unsaturated/α-hetero) is 1. The third-order valence-corrected chi connectivity index (χ3v) is 2.98. The Morgan fingerprint density at radius 3 is 2.26 bits per heavy atom. The van der Waals surface area contributed by atoms with Crippen molar-refractivity contribution < 1.29 is 30.0 Å². The van der Waals surface area contributed by atoms with Gasteiger partial charge in [-0.25, -0.2) is 0 Å². The standard InChI is InChI=1S/C13H26O6/c1-3-5-6-9(4-2)19-13(18)12(17)11(16)10(15)7-8-14/h9-11,13-16,18H,3-8H2,1-2H3. The molecule has 0 aliphatic heterocycles. The van der Waals surface area contributed by atoms with Gasteiger partial charge in [-0.05, 0) is 19.3 Å². The van der Waals surface area contributed by atoms with E-state index in [0.29, 0.717) is 6.42 Å². The lowest BCUT2D eigenvalue weighted by molar-refractivity contribution is -0.180. The number of rotatable bonds is 11. The number of hydrogen-bond donors (Lipinski definition) is 4. The molecular formula is C13H26O6. The first-order chi connectivity index (χ1) is 8.97. The summed E-state index contributed by atoms with van der Waals surface area (Å²) in [4.78, 5) is 11.6. The van der Waals surface area contributed by atoms with Crippen molar-refractivity contribution in [3.63, 3.8) is 0 Å². The number of aliphatic hydroxyl groups is 4. The fraction of sp³-hybridized carbons (Fsp3) is 0.923. The molecular weight excluding hydrogens is 252 g/mol. The lowest BCUT2D eigenvalue weighted by Crippen LogP contribution is -2.43. The molecule has 0 radical (unpaired) electrons. The molecule has 0 spiro atoms. The summed E-state index contributed by atoms with van der Waals surface area (Å²) in [6.45, 7) is 3.56. The van der Waals surface area contributed by atoms with Crippen molar-refractivity contribution in [1.82, 2.24) is 0 Å². The molecule has 114 valence electrons. The van der Waals surface area contributed by atoms with E-state index in [0.717, 1.165) is 19.3 Å². The van der Waals surface area contributed by atoms with Gasteiger partial charge >= 0.3 is 0 Å². The highest BCUT2D eigenvalue weighted by atomic mass is 16.6. The molecule has 0 aliphatic carbocycles. The minimum Gasteiger partial charge on any atom is -0.396 e. The van der Waals surface area contributed by atoms with Crippen LogP contribution in [0.15, 0.2) is 0 Å². The second-order valence-electron chi connectivity index (χ2n) is 4.59. The summed E-state index contributed by atoms with van der Waals surface area (Å²) in [5, 5.41) is 37.1. The normalized spacial score (nSPS) is 17.8. The largest absolute Gasteiger partial charge is 0.396 e. The number of hydrogen-bond acceptors (Lipinski definition) is 6. The van der Waals surface area contributed by atoms with Crippen molar-refractivity contribution in [2.75, 3.05) is 6.61 Å². The Morgan fingerprint density at radius 2 is 1.79 bits per heavy atom. The third kappa shape index (κ3) is 6.98. The van der Waals surface area contributed by atoms with Gasteiger partial charge in [0.25, 0.3) is 0 Å². The fourth-order valence-corrected chi connectivity index (χ4v) is 1.68. The predicted molar refractivity (Wildman–Crippen MR) is 69.4 cm³/mol. The van der Waals surface area contributed by atoms with Crippen LogP contribution in [0.2, 0.25) is 0 Å². The number of carbonyl (C=O) groups is 1. The lowest BCUT2D eigenvalue weighted by Gasteiger charge is -2.23. The Hall–Kier alpha value is -0.530. The van der Waals surface area contributed by atoms with E-state index >= 15 is 0 Å². The SMILES string of the molecule is CCCCC(CC)OC(O)C(=O)C(O)C(O)CCO. The molecule has 0 rings (SSSR count). The first-order valence-electron chi connectivity index (χ1n) is 6.82. The summed E-state index contributed by atoms with van der Waals surface area (Å²) in [5.74, 6) is -0.976. The van der Waals surface area contributed by atoms with Gasteiger partial charge in [-0.3, -0.25) is 4.79 Å². The molecule has 0 aromatic heterocycles. The molecule has 0 fully saturated rings. The van der Waals surface area contributed by atoms with E-state index in [2.05, 4.69) is 0 Å². The summed E-state index contributed by atoms with van der Waals surface area (Å²) in [6.07, 6.45) is -1.97. The summed E-state index contributed by atoms with van der Waals surface area (Å²) in [6, 6.07) is 0. The molecule has 4 atom stereocenters. The van der Waals surface area contributed by atoms with Crippen LogP contribution in [0.5, 0.6) is 0 Å². The van der Waals surface area contributed by atoms with Gasteiger partial charge < -0.3 is 25.2 Å². The zero-order valence-electron chi connectivity index (χ0n) is 11.7. The van der Waals surface area contributed by atoms with Gasteiger partial charge in [-0.1, -0.05) is 26.7 Å².